The average Bonchev–Trinajstić information content (AvgIpc) is 3.40. The molecule has 194 valence electrons. The first kappa shape index (κ1) is 26.4. The number of fused-ring (bicyclic) bond motifs is 6. The van der Waals surface area contributed by atoms with Gasteiger partial charge in [0.15, 0.2) is 0 Å². The monoisotopic (exact) mass is 506 g/mol. The van der Waals surface area contributed by atoms with Crippen LogP contribution in [0.1, 0.15) is 74.3 Å². The largest absolute Gasteiger partial charge is 0.0912 e. The summed E-state index contributed by atoms with van der Waals surface area (Å²) in [5.74, 6) is 0.303. The first-order chi connectivity index (χ1) is 18.8. The van der Waals surface area contributed by atoms with Crippen molar-refractivity contribution in [1.82, 2.24) is 0 Å². The van der Waals surface area contributed by atoms with Gasteiger partial charge in [-0.1, -0.05) is 100 Å². The molecule has 0 bridgehead atoms. The van der Waals surface area contributed by atoms with Gasteiger partial charge in [-0.3, -0.25) is 0 Å². The van der Waals surface area contributed by atoms with Crippen LogP contribution in [0.25, 0.3) is 27.8 Å². The summed E-state index contributed by atoms with van der Waals surface area (Å²) < 4.78 is 0. The van der Waals surface area contributed by atoms with Gasteiger partial charge in [-0.15, -0.1) is 0 Å². The molecule has 0 fully saturated rings. The molecule has 1 unspecified atom stereocenters. The maximum Gasteiger partial charge on any atom is 0.0142 e. The van der Waals surface area contributed by atoms with Crippen LogP contribution in [0.3, 0.4) is 0 Å². The fourth-order valence-electron chi connectivity index (χ4n) is 6.30. The van der Waals surface area contributed by atoms with Gasteiger partial charge in [0.25, 0.3) is 0 Å². The van der Waals surface area contributed by atoms with E-state index in [1.165, 1.54) is 50.1 Å². The normalized spacial score (nSPS) is 18.2. The van der Waals surface area contributed by atoms with Gasteiger partial charge in [-0.2, -0.15) is 0 Å². The highest BCUT2D eigenvalue weighted by molar-refractivity contribution is 6.06. The third-order valence-electron chi connectivity index (χ3n) is 8.31. The summed E-state index contributed by atoms with van der Waals surface area (Å²) in [5, 5.41) is 0. The van der Waals surface area contributed by atoms with Crippen molar-refractivity contribution in [1.29, 1.82) is 0 Å². The Balaban J connectivity index is 1.62. The van der Waals surface area contributed by atoms with Crippen molar-refractivity contribution in [3.8, 4) is 11.1 Å². The van der Waals surface area contributed by atoms with Crippen molar-refractivity contribution < 1.29 is 0 Å². The van der Waals surface area contributed by atoms with Crippen LogP contribution in [0.15, 0.2) is 133 Å². The van der Waals surface area contributed by atoms with Gasteiger partial charge >= 0.3 is 0 Å². The molecule has 0 amide bonds. The lowest BCUT2D eigenvalue weighted by molar-refractivity contribution is 0.835. The van der Waals surface area contributed by atoms with E-state index in [-0.39, 0.29) is 0 Å². The Kier molecular flexibility index (Phi) is 7.15. The van der Waals surface area contributed by atoms with Gasteiger partial charge < -0.3 is 0 Å². The van der Waals surface area contributed by atoms with E-state index in [1.807, 2.05) is 13.0 Å². The first-order valence-electron chi connectivity index (χ1n) is 14.0. The van der Waals surface area contributed by atoms with Crippen molar-refractivity contribution in [2.45, 2.75) is 46.5 Å². The van der Waals surface area contributed by atoms with Gasteiger partial charge in [0.2, 0.25) is 0 Å². The van der Waals surface area contributed by atoms with Crippen molar-refractivity contribution in [3.63, 3.8) is 0 Å². The molecular formula is C39H38. The van der Waals surface area contributed by atoms with Gasteiger partial charge in [-0.25, -0.2) is 0 Å². The summed E-state index contributed by atoms with van der Waals surface area (Å²) >= 11 is 0. The predicted molar refractivity (Wildman–Crippen MR) is 173 cm³/mol. The minimum atomic E-state index is 0.303. The summed E-state index contributed by atoms with van der Waals surface area (Å²) in [6, 6.07) is 11.3. The van der Waals surface area contributed by atoms with Crippen LogP contribution in [-0.2, 0) is 0 Å². The van der Waals surface area contributed by atoms with E-state index < -0.39 is 0 Å². The van der Waals surface area contributed by atoms with E-state index in [2.05, 4.69) is 120 Å². The number of allylic oxidation sites excluding steroid dienone is 15. The Bertz CT molecular complexity index is 1630. The van der Waals surface area contributed by atoms with Gasteiger partial charge in [0, 0.05) is 5.92 Å². The fourth-order valence-corrected chi connectivity index (χ4v) is 6.30. The molecule has 5 rings (SSSR count). The molecule has 0 aliphatic heterocycles. The minimum absolute atomic E-state index is 0.303. The smallest absolute Gasteiger partial charge is 0.0142 e. The SMILES string of the molecule is C=C(/C=C\CC)/C(=C/C)C1=C2C(=C)c3cc4c(cc3C2CC=C1)-c1cccc(C(=C)/C(C)=C/C=C\C)c1C4=C. The quantitative estimate of drug-likeness (QED) is 0.280. The third kappa shape index (κ3) is 4.25. The molecule has 1 atom stereocenters. The van der Waals surface area contributed by atoms with E-state index in [0.29, 0.717) is 5.92 Å². The molecule has 2 aromatic rings. The van der Waals surface area contributed by atoms with Crippen molar-refractivity contribution in [2.75, 3.05) is 0 Å². The highest BCUT2D eigenvalue weighted by Crippen LogP contribution is 2.56. The zero-order valence-electron chi connectivity index (χ0n) is 23.8. The predicted octanol–water partition coefficient (Wildman–Crippen LogP) is 11.1. The first-order valence-corrected chi connectivity index (χ1v) is 14.0. The van der Waals surface area contributed by atoms with Crippen molar-refractivity contribution in [2.24, 2.45) is 0 Å². The van der Waals surface area contributed by atoms with E-state index >= 15 is 0 Å². The van der Waals surface area contributed by atoms with Gasteiger partial charge in [0.05, 0.1) is 0 Å². The molecule has 0 radical (unpaired) electrons. The number of hydrogen-bond donors (Lipinski definition) is 0. The fraction of sp³-hybridized carbons (Fsp3) is 0.179. The molecule has 0 N–H and O–H groups in total. The topological polar surface area (TPSA) is 0 Å². The molecule has 0 aromatic heterocycles. The molecule has 3 aliphatic carbocycles. The summed E-state index contributed by atoms with van der Waals surface area (Å²) in [4.78, 5) is 0. The third-order valence-corrected chi connectivity index (χ3v) is 8.31. The minimum Gasteiger partial charge on any atom is -0.0912 e. The lowest BCUT2D eigenvalue weighted by atomic mass is 9.81. The van der Waals surface area contributed by atoms with E-state index in [4.69, 9.17) is 0 Å². The Hall–Kier alpha value is -4.16. The number of benzene rings is 2. The average molecular weight is 507 g/mol. The van der Waals surface area contributed by atoms with Crippen LogP contribution in [-0.4, -0.2) is 0 Å². The number of rotatable bonds is 7. The lowest BCUT2D eigenvalue weighted by Crippen LogP contribution is -2.05. The van der Waals surface area contributed by atoms with Gasteiger partial charge in [0.1, 0.15) is 0 Å². The second-order valence-corrected chi connectivity index (χ2v) is 10.6. The van der Waals surface area contributed by atoms with Gasteiger partial charge in [-0.05, 0) is 129 Å². The maximum atomic E-state index is 4.64. The Labute approximate surface area is 234 Å². The molecule has 0 nitrogen and oxygen atoms in total. The van der Waals surface area contributed by atoms with E-state index in [0.717, 1.165) is 46.3 Å². The molecule has 3 aliphatic rings. The molecule has 0 heterocycles. The Morgan fingerprint density at radius 3 is 2.51 bits per heavy atom. The molecule has 0 saturated carbocycles. The molecule has 0 heteroatoms. The van der Waals surface area contributed by atoms with E-state index in [9.17, 15) is 0 Å². The molecular weight excluding hydrogens is 468 g/mol. The van der Waals surface area contributed by atoms with Crippen LogP contribution in [0, 0.1) is 0 Å². The maximum absolute atomic E-state index is 4.64. The molecule has 0 saturated heterocycles. The van der Waals surface area contributed by atoms with Crippen LogP contribution >= 0.6 is 0 Å². The van der Waals surface area contributed by atoms with Crippen LogP contribution in [0.2, 0.25) is 0 Å². The Morgan fingerprint density at radius 2 is 1.79 bits per heavy atom. The van der Waals surface area contributed by atoms with Crippen molar-refractivity contribution in [3.05, 3.63) is 161 Å². The van der Waals surface area contributed by atoms with Crippen molar-refractivity contribution >= 4 is 16.7 Å². The summed E-state index contributed by atoms with van der Waals surface area (Å²) in [7, 11) is 0. The zero-order chi connectivity index (χ0) is 27.8. The molecule has 39 heavy (non-hydrogen) atoms. The summed E-state index contributed by atoms with van der Waals surface area (Å²) in [6.45, 7) is 26.5. The van der Waals surface area contributed by atoms with Crippen LogP contribution < -0.4 is 0 Å². The summed E-state index contributed by atoms with van der Waals surface area (Å²) in [6.07, 6.45) is 19.3. The number of hydrogen-bond acceptors (Lipinski definition) is 0. The zero-order valence-corrected chi connectivity index (χ0v) is 23.8. The highest BCUT2D eigenvalue weighted by Gasteiger charge is 2.37. The van der Waals surface area contributed by atoms with Crippen LogP contribution in [0.5, 0.6) is 0 Å². The lowest BCUT2D eigenvalue weighted by Gasteiger charge is -2.22. The van der Waals surface area contributed by atoms with E-state index in [1.54, 1.807) is 0 Å². The highest BCUT2D eigenvalue weighted by atomic mass is 14.4. The molecule has 0 spiro atoms. The molecule has 2 aromatic carbocycles. The Morgan fingerprint density at radius 1 is 1.00 bits per heavy atom. The summed E-state index contributed by atoms with van der Waals surface area (Å²) in [5.41, 5.74) is 17.9. The second kappa shape index (κ2) is 10.5. The standard InChI is InChI=1S/C39H38/c1-9-12-16-24(4)26(6)30-18-14-20-32-36-23-37-33-21-15-19-31(29(11-3)25(5)17-13-10-2)39(33)28(8)35(37)22-34(36)27(7)38(30)32/h9,11-20,22-23,33H,5-8,10,21H2,1-4H3/b12-9-,17-13-,24-16+,29-11-. The van der Waals surface area contributed by atoms with Crippen LogP contribution in [0.4, 0.5) is 0 Å². The second-order valence-electron chi connectivity index (χ2n) is 10.6.